The second kappa shape index (κ2) is 8.43. The number of nitrogens with zero attached hydrogens (tertiary/aromatic N) is 1. The van der Waals surface area contributed by atoms with Gasteiger partial charge in [0.05, 0.1) is 11.2 Å². The lowest BCUT2D eigenvalue weighted by Crippen LogP contribution is -2.37. The van der Waals surface area contributed by atoms with Crippen LogP contribution in [0.25, 0.3) is 0 Å². The van der Waals surface area contributed by atoms with Crippen molar-refractivity contribution in [3.63, 3.8) is 0 Å². The zero-order valence-electron chi connectivity index (χ0n) is 9.36. The van der Waals surface area contributed by atoms with Crippen molar-refractivity contribution in [3.8, 4) is 0 Å². The zero-order valence-corrected chi connectivity index (χ0v) is 11.0. The van der Waals surface area contributed by atoms with Crippen LogP contribution in [0.3, 0.4) is 0 Å². The fraction of sp³-hybridized carbons (Fsp3) is 0.600. The Morgan fingerprint density at radius 1 is 1.50 bits per heavy atom. The molecule has 0 saturated carbocycles. The van der Waals surface area contributed by atoms with Gasteiger partial charge in [0.25, 0.3) is 0 Å². The number of methoxy groups -OCH3 is 1. The highest BCUT2D eigenvalue weighted by atomic mass is 32.1. The fourth-order valence-corrected chi connectivity index (χ4v) is 1.94. The van der Waals surface area contributed by atoms with Crippen LogP contribution >= 0.6 is 23.6 Å². The molecule has 0 spiro atoms. The first kappa shape index (κ1) is 13.3. The van der Waals surface area contributed by atoms with E-state index in [4.69, 9.17) is 17.0 Å². The molecule has 1 aromatic heterocycles. The summed E-state index contributed by atoms with van der Waals surface area (Å²) in [6.45, 7) is 2.42. The molecule has 0 bridgehead atoms. The Bertz CT molecular complexity index is 290. The van der Waals surface area contributed by atoms with E-state index in [0.717, 1.165) is 38.2 Å². The Labute approximate surface area is 105 Å². The van der Waals surface area contributed by atoms with Crippen molar-refractivity contribution in [2.24, 2.45) is 0 Å². The van der Waals surface area contributed by atoms with Crippen molar-refractivity contribution in [1.29, 1.82) is 0 Å². The molecule has 90 valence electrons. The van der Waals surface area contributed by atoms with Gasteiger partial charge in [0.15, 0.2) is 5.11 Å². The maximum absolute atomic E-state index is 5.12. The lowest BCUT2D eigenvalue weighted by Gasteiger charge is -2.09. The van der Waals surface area contributed by atoms with Gasteiger partial charge in [-0.1, -0.05) is 0 Å². The molecule has 4 nitrogen and oxygen atoms in total. The summed E-state index contributed by atoms with van der Waals surface area (Å²) in [7, 11) is 1.70. The van der Waals surface area contributed by atoms with Gasteiger partial charge >= 0.3 is 0 Å². The minimum Gasteiger partial charge on any atom is -0.385 e. The molecule has 6 heteroatoms. The predicted molar refractivity (Wildman–Crippen MR) is 70.9 cm³/mol. The van der Waals surface area contributed by atoms with E-state index in [0.29, 0.717) is 5.11 Å². The molecule has 16 heavy (non-hydrogen) atoms. The van der Waals surface area contributed by atoms with E-state index in [1.54, 1.807) is 18.4 Å². The van der Waals surface area contributed by atoms with Crippen molar-refractivity contribution < 1.29 is 4.74 Å². The number of nitrogens with one attached hydrogen (secondary N) is 2. The van der Waals surface area contributed by atoms with Gasteiger partial charge in [-0.05, 0) is 18.6 Å². The minimum absolute atomic E-state index is 0.700. The summed E-state index contributed by atoms with van der Waals surface area (Å²) in [5.41, 5.74) is 2.95. The molecule has 0 atom stereocenters. The maximum atomic E-state index is 5.12. The number of rotatable bonds is 7. The van der Waals surface area contributed by atoms with Crippen molar-refractivity contribution in [1.82, 2.24) is 15.6 Å². The quantitative estimate of drug-likeness (QED) is 0.569. The monoisotopic (exact) mass is 259 g/mol. The summed E-state index contributed by atoms with van der Waals surface area (Å²) in [4.78, 5) is 4.20. The number of aromatic nitrogens is 1. The van der Waals surface area contributed by atoms with Gasteiger partial charge in [0, 0.05) is 38.6 Å². The van der Waals surface area contributed by atoms with Gasteiger partial charge in [0.2, 0.25) is 0 Å². The Morgan fingerprint density at radius 3 is 3.00 bits per heavy atom. The molecule has 0 radical (unpaired) electrons. The first-order valence-corrected chi connectivity index (χ1v) is 6.55. The Hall–Kier alpha value is -0.720. The Kier molecular flexibility index (Phi) is 7.03. The molecular weight excluding hydrogens is 242 g/mol. The van der Waals surface area contributed by atoms with Gasteiger partial charge in [-0.25, -0.2) is 4.98 Å². The normalized spacial score (nSPS) is 10.1. The first-order chi connectivity index (χ1) is 7.83. The van der Waals surface area contributed by atoms with Gasteiger partial charge in [-0.15, -0.1) is 11.3 Å². The second-order valence-corrected chi connectivity index (χ2v) is 4.39. The molecule has 0 aliphatic rings. The smallest absolute Gasteiger partial charge is 0.166 e. The van der Waals surface area contributed by atoms with Crippen LogP contribution in [0.15, 0.2) is 10.9 Å². The van der Waals surface area contributed by atoms with Crippen molar-refractivity contribution in [2.75, 3.05) is 26.8 Å². The van der Waals surface area contributed by atoms with Gasteiger partial charge < -0.3 is 15.4 Å². The largest absolute Gasteiger partial charge is 0.385 e. The van der Waals surface area contributed by atoms with Crippen LogP contribution in [0, 0.1) is 0 Å². The van der Waals surface area contributed by atoms with Gasteiger partial charge in [0.1, 0.15) is 0 Å². The van der Waals surface area contributed by atoms with Crippen LogP contribution in [0.5, 0.6) is 0 Å². The van der Waals surface area contributed by atoms with Crippen LogP contribution in [0.2, 0.25) is 0 Å². The summed E-state index contributed by atoms with van der Waals surface area (Å²) >= 11 is 6.73. The minimum atomic E-state index is 0.700. The molecule has 0 aliphatic carbocycles. The molecule has 0 aromatic carbocycles. The van der Waals surface area contributed by atoms with Crippen LogP contribution in [-0.2, 0) is 11.2 Å². The van der Waals surface area contributed by atoms with Crippen LogP contribution in [0.1, 0.15) is 12.1 Å². The molecule has 0 aliphatic heterocycles. The summed E-state index contributed by atoms with van der Waals surface area (Å²) in [6.07, 6.45) is 1.87. The molecule has 0 saturated heterocycles. The Morgan fingerprint density at radius 2 is 2.31 bits per heavy atom. The average molecular weight is 259 g/mol. The highest BCUT2D eigenvalue weighted by Gasteiger charge is 1.97. The Balaban J connectivity index is 1.98. The molecule has 2 N–H and O–H groups in total. The van der Waals surface area contributed by atoms with E-state index in [-0.39, 0.29) is 0 Å². The van der Waals surface area contributed by atoms with Crippen molar-refractivity contribution in [3.05, 3.63) is 16.6 Å². The van der Waals surface area contributed by atoms with Crippen molar-refractivity contribution >= 4 is 28.7 Å². The summed E-state index contributed by atoms with van der Waals surface area (Å²) in [5, 5.41) is 9.01. The van der Waals surface area contributed by atoms with Gasteiger partial charge in [-0.2, -0.15) is 0 Å². The summed E-state index contributed by atoms with van der Waals surface area (Å²) in [6, 6.07) is 0. The number of thiazole rings is 1. The standard InChI is InChI=1S/C10H17N3OS2/c1-14-6-2-4-11-10(15)12-5-3-9-7-16-8-13-9/h7-8H,2-6H2,1H3,(H2,11,12,15). The number of thiocarbonyl (C=S) groups is 1. The SMILES string of the molecule is COCCCNC(=S)NCCc1cscn1. The number of ether oxygens (including phenoxy) is 1. The van der Waals surface area contributed by atoms with Crippen LogP contribution in [0.4, 0.5) is 0 Å². The van der Waals surface area contributed by atoms with E-state index < -0.39 is 0 Å². The lowest BCUT2D eigenvalue weighted by atomic mass is 10.3. The van der Waals surface area contributed by atoms with E-state index in [9.17, 15) is 0 Å². The molecule has 1 aromatic rings. The summed E-state index contributed by atoms with van der Waals surface area (Å²) < 4.78 is 4.94. The third kappa shape index (κ3) is 5.99. The van der Waals surface area contributed by atoms with Crippen LogP contribution < -0.4 is 10.6 Å². The molecule has 0 fully saturated rings. The summed E-state index contributed by atoms with van der Waals surface area (Å²) in [5.74, 6) is 0. The number of hydrogen-bond donors (Lipinski definition) is 2. The second-order valence-electron chi connectivity index (χ2n) is 3.26. The van der Waals surface area contributed by atoms with E-state index >= 15 is 0 Å². The highest BCUT2D eigenvalue weighted by Crippen LogP contribution is 2.00. The van der Waals surface area contributed by atoms with Crippen molar-refractivity contribution in [2.45, 2.75) is 12.8 Å². The fourth-order valence-electron chi connectivity index (χ4n) is 1.15. The molecule has 0 unspecified atom stereocenters. The predicted octanol–water partition coefficient (Wildman–Crippen LogP) is 1.19. The van der Waals surface area contributed by atoms with E-state index in [1.807, 2.05) is 5.51 Å². The third-order valence-electron chi connectivity index (χ3n) is 1.96. The topological polar surface area (TPSA) is 46.2 Å². The van der Waals surface area contributed by atoms with Crippen LogP contribution in [-0.4, -0.2) is 36.9 Å². The van der Waals surface area contributed by atoms with E-state index in [2.05, 4.69) is 21.0 Å². The molecule has 1 rings (SSSR count). The van der Waals surface area contributed by atoms with E-state index in [1.165, 1.54) is 0 Å². The lowest BCUT2D eigenvalue weighted by molar-refractivity contribution is 0.195. The molecule has 1 heterocycles. The zero-order chi connectivity index (χ0) is 11.6. The third-order valence-corrected chi connectivity index (χ3v) is 2.88. The molecule has 0 amide bonds. The van der Waals surface area contributed by atoms with Gasteiger partial charge in [-0.3, -0.25) is 0 Å². The number of hydrogen-bond acceptors (Lipinski definition) is 4. The first-order valence-electron chi connectivity index (χ1n) is 5.20. The molecular formula is C10H17N3OS2. The highest BCUT2D eigenvalue weighted by molar-refractivity contribution is 7.80. The average Bonchev–Trinajstić information content (AvgIpc) is 2.77. The maximum Gasteiger partial charge on any atom is 0.166 e.